The smallest absolute Gasteiger partial charge is 0.238 e. The van der Waals surface area contributed by atoms with Crippen LogP contribution < -0.4 is 4.90 Å². The molecular weight excluding hydrogens is 198 g/mol. The Labute approximate surface area is 86.7 Å². The highest BCUT2D eigenvalue weighted by atomic mass is 32.2. The molecule has 1 amide bonds. The fraction of sp³-hybridized carbons (Fsp3) is 0.444. The largest absolute Gasteiger partial charge is 0.294 e. The van der Waals surface area contributed by atoms with Crippen LogP contribution in [0.25, 0.3) is 0 Å². The Morgan fingerprint density at radius 2 is 2.29 bits per heavy atom. The predicted molar refractivity (Wildman–Crippen MR) is 55.4 cm³/mol. The van der Waals surface area contributed by atoms with Crippen molar-refractivity contribution in [1.82, 2.24) is 9.97 Å². The first kappa shape index (κ1) is 9.45. The minimum atomic E-state index is 0.129. The van der Waals surface area contributed by atoms with Gasteiger partial charge in [-0.2, -0.15) is 0 Å². The van der Waals surface area contributed by atoms with Crippen molar-refractivity contribution in [2.24, 2.45) is 0 Å². The van der Waals surface area contributed by atoms with E-state index in [0.717, 1.165) is 23.8 Å². The second-order valence-corrected chi connectivity index (χ2v) is 3.98. The van der Waals surface area contributed by atoms with Crippen LogP contribution in [-0.2, 0) is 4.79 Å². The molecule has 0 aromatic carbocycles. The van der Waals surface area contributed by atoms with Crippen LogP contribution >= 0.6 is 11.8 Å². The molecule has 1 aromatic rings. The van der Waals surface area contributed by atoms with E-state index in [9.17, 15) is 4.79 Å². The van der Waals surface area contributed by atoms with Gasteiger partial charge < -0.3 is 0 Å². The Morgan fingerprint density at radius 3 is 3.07 bits per heavy atom. The number of hydrogen-bond acceptors (Lipinski definition) is 4. The number of anilines is 1. The van der Waals surface area contributed by atoms with Gasteiger partial charge in [0.25, 0.3) is 0 Å². The van der Waals surface area contributed by atoms with Crippen LogP contribution in [0.1, 0.15) is 13.3 Å². The van der Waals surface area contributed by atoms with Crippen molar-refractivity contribution in [3.05, 3.63) is 12.4 Å². The maximum absolute atomic E-state index is 11.6. The summed E-state index contributed by atoms with van der Waals surface area (Å²) < 4.78 is 0. The summed E-state index contributed by atoms with van der Waals surface area (Å²) in [5.74, 6) is 1.33. The van der Waals surface area contributed by atoms with E-state index in [2.05, 4.69) is 9.97 Å². The maximum atomic E-state index is 11.6. The lowest BCUT2D eigenvalue weighted by Gasteiger charge is -2.26. The lowest BCUT2D eigenvalue weighted by Crippen LogP contribution is -2.36. The third kappa shape index (κ3) is 1.59. The quantitative estimate of drug-likeness (QED) is 0.737. The molecule has 14 heavy (non-hydrogen) atoms. The second kappa shape index (κ2) is 3.96. The first-order valence-electron chi connectivity index (χ1n) is 4.57. The van der Waals surface area contributed by atoms with E-state index in [1.807, 2.05) is 6.92 Å². The molecule has 0 bridgehead atoms. The van der Waals surface area contributed by atoms with Crippen LogP contribution in [0.5, 0.6) is 0 Å². The Hall–Kier alpha value is -1.10. The Morgan fingerprint density at radius 1 is 1.50 bits per heavy atom. The zero-order valence-electron chi connectivity index (χ0n) is 7.93. The van der Waals surface area contributed by atoms with E-state index in [1.54, 1.807) is 17.3 Å². The van der Waals surface area contributed by atoms with Gasteiger partial charge in [0, 0.05) is 18.9 Å². The monoisotopic (exact) mass is 209 g/mol. The molecule has 1 aliphatic heterocycles. The summed E-state index contributed by atoms with van der Waals surface area (Å²) >= 11 is 1.46. The lowest BCUT2D eigenvalue weighted by atomic mass is 10.4. The van der Waals surface area contributed by atoms with Gasteiger partial charge in [0.2, 0.25) is 5.91 Å². The molecule has 0 aliphatic carbocycles. The number of carbonyl (C=O) groups is 1. The number of thioether (sulfide) groups is 1. The van der Waals surface area contributed by atoms with Crippen molar-refractivity contribution >= 4 is 23.5 Å². The average Bonchev–Trinajstić information content (AvgIpc) is 2.23. The molecule has 0 atom stereocenters. The van der Waals surface area contributed by atoms with Gasteiger partial charge in [-0.3, -0.25) is 9.69 Å². The number of carbonyl (C=O) groups excluding carboxylic acids is 1. The molecule has 0 saturated heterocycles. The van der Waals surface area contributed by atoms with Crippen molar-refractivity contribution in [3.63, 3.8) is 0 Å². The second-order valence-electron chi connectivity index (χ2n) is 3.02. The fourth-order valence-electron chi connectivity index (χ4n) is 1.39. The zero-order valence-corrected chi connectivity index (χ0v) is 8.75. The molecule has 0 unspecified atom stereocenters. The molecule has 0 radical (unpaired) electrons. The number of rotatable bonds is 2. The standard InChI is InChI=1S/C9H11N3OS/c1-2-5-12-7(13)6-14-9-8(12)10-3-4-11-9/h3-4H,2,5-6H2,1H3. The highest BCUT2D eigenvalue weighted by Gasteiger charge is 2.25. The molecule has 2 heterocycles. The van der Waals surface area contributed by atoms with Crippen LogP contribution in [-0.4, -0.2) is 28.2 Å². The molecule has 1 aromatic heterocycles. The summed E-state index contributed by atoms with van der Waals surface area (Å²) in [5, 5.41) is 0.862. The van der Waals surface area contributed by atoms with Crippen molar-refractivity contribution < 1.29 is 4.79 Å². The van der Waals surface area contributed by atoms with Crippen LogP contribution in [0.3, 0.4) is 0 Å². The maximum Gasteiger partial charge on any atom is 0.238 e. The third-order valence-electron chi connectivity index (χ3n) is 1.98. The minimum Gasteiger partial charge on any atom is -0.294 e. The number of hydrogen-bond donors (Lipinski definition) is 0. The summed E-state index contributed by atoms with van der Waals surface area (Å²) in [6.45, 7) is 2.77. The fourth-order valence-corrected chi connectivity index (χ4v) is 2.23. The average molecular weight is 209 g/mol. The van der Waals surface area contributed by atoms with Crippen LogP contribution in [0.4, 0.5) is 5.82 Å². The number of amides is 1. The summed E-state index contributed by atoms with van der Waals surface area (Å²) in [5.41, 5.74) is 0. The van der Waals surface area contributed by atoms with Crippen molar-refractivity contribution in [1.29, 1.82) is 0 Å². The van der Waals surface area contributed by atoms with Gasteiger partial charge in [0.15, 0.2) is 5.82 Å². The van der Waals surface area contributed by atoms with Gasteiger partial charge in [-0.1, -0.05) is 18.7 Å². The topological polar surface area (TPSA) is 46.1 Å². The summed E-state index contributed by atoms with van der Waals surface area (Å²) in [7, 11) is 0. The van der Waals surface area contributed by atoms with Gasteiger partial charge in [-0.15, -0.1) is 0 Å². The van der Waals surface area contributed by atoms with E-state index in [1.165, 1.54) is 11.8 Å². The third-order valence-corrected chi connectivity index (χ3v) is 2.94. The van der Waals surface area contributed by atoms with E-state index in [0.29, 0.717) is 5.75 Å². The summed E-state index contributed by atoms with van der Waals surface area (Å²) in [6, 6.07) is 0. The summed E-state index contributed by atoms with van der Waals surface area (Å²) in [6.07, 6.45) is 4.22. The highest BCUT2D eigenvalue weighted by molar-refractivity contribution is 8.00. The lowest BCUT2D eigenvalue weighted by molar-refractivity contribution is -0.116. The molecule has 74 valence electrons. The van der Waals surface area contributed by atoms with Gasteiger partial charge in [0.1, 0.15) is 5.03 Å². The predicted octanol–water partition coefficient (Wildman–Crippen LogP) is 1.33. The number of nitrogens with zero attached hydrogens (tertiary/aromatic N) is 3. The van der Waals surface area contributed by atoms with Gasteiger partial charge in [-0.25, -0.2) is 9.97 Å². The summed E-state index contributed by atoms with van der Waals surface area (Å²) in [4.78, 5) is 21.7. The van der Waals surface area contributed by atoms with E-state index in [-0.39, 0.29) is 5.91 Å². The first-order chi connectivity index (χ1) is 6.83. The van der Waals surface area contributed by atoms with E-state index >= 15 is 0 Å². The van der Waals surface area contributed by atoms with Crippen molar-refractivity contribution in [3.8, 4) is 0 Å². The van der Waals surface area contributed by atoms with Crippen LogP contribution in [0, 0.1) is 0 Å². The van der Waals surface area contributed by atoms with E-state index < -0.39 is 0 Å². The van der Waals surface area contributed by atoms with Gasteiger partial charge in [0.05, 0.1) is 5.75 Å². The Bertz CT molecular complexity index is 356. The molecular formula is C9H11N3OS. The Kier molecular flexibility index (Phi) is 2.67. The normalized spacial score (nSPS) is 15.5. The van der Waals surface area contributed by atoms with Crippen molar-refractivity contribution in [2.45, 2.75) is 18.4 Å². The molecule has 1 aliphatic rings. The molecule has 5 heteroatoms. The van der Waals surface area contributed by atoms with Gasteiger partial charge >= 0.3 is 0 Å². The first-order valence-corrected chi connectivity index (χ1v) is 5.55. The molecule has 0 N–H and O–H groups in total. The van der Waals surface area contributed by atoms with Crippen LogP contribution in [0.15, 0.2) is 17.4 Å². The molecule has 0 saturated carbocycles. The highest BCUT2D eigenvalue weighted by Crippen LogP contribution is 2.30. The van der Waals surface area contributed by atoms with Crippen molar-refractivity contribution in [2.75, 3.05) is 17.2 Å². The zero-order chi connectivity index (χ0) is 9.97. The van der Waals surface area contributed by atoms with Crippen LogP contribution in [0.2, 0.25) is 0 Å². The molecule has 4 nitrogen and oxygen atoms in total. The molecule has 0 spiro atoms. The minimum absolute atomic E-state index is 0.129. The molecule has 0 fully saturated rings. The van der Waals surface area contributed by atoms with Gasteiger partial charge in [-0.05, 0) is 6.42 Å². The molecule has 2 rings (SSSR count). The Balaban J connectivity index is 2.36. The SMILES string of the molecule is CCCN1C(=O)CSc2nccnc21. The van der Waals surface area contributed by atoms with E-state index in [4.69, 9.17) is 0 Å². The number of fused-ring (bicyclic) bond motifs is 1. The number of aromatic nitrogens is 2.